The second-order valence-electron chi connectivity index (χ2n) is 6.19. The van der Waals surface area contributed by atoms with Crippen molar-refractivity contribution < 1.29 is 14.3 Å². The second kappa shape index (κ2) is 8.43. The van der Waals surface area contributed by atoms with Gasteiger partial charge in [0.15, 0.2) is 0 Å². The Labute approximate surface area is 137 Å². The topological polar surface area (TPSA) is 50.8 Å². The van der Waals surface area contributed by atoms with Crippen LogP contribution in [0.25, 0.3) is 0 Å². The summed E-state index contributed by atoms with van der Waals surface area (Å²) in [5.41, 5.74) is 1.31. The van der Waals surface area contributed by atoms with Gasteiger partial charge < -0.3 is 19.7 Å². The molecule has 1 aromatic rings. The standard InChI is InChI=1S/C18H26N2O3/c21-18(17-14-19-9-13-23-17)20-10-6-16(7-11-20)22-12-8-15-4-2-1-3-5-15/h1-5,16-17,19H,6-14H2. The summed E-state index contributed by atoms with van der Waals surface area (Å²) in [6.45, 7) is 4.38. The van der Waals surface area contributed by atoms with Crippen molar-refractivity contribution >= 4 is 5.91 Å². The Morgan fingerprint density at radius 2 is 2.04 bits per heavy atom. The van der Waals surface area contributed by atoms with Crippen molar-refractivity contribution in [2.45, 2.75) is 31.5 Å². The van der Waals surface area contributed by atoms with Crippen molar-refractivity contribution in [2.75, 3.05) is 39.4 Å². The molecule has 23 heavy (non-hydrogen) atoms. The highest BCUT2D eigenvalue weighted by molar-refractivity contribution is 5.81. The molecule has 1 amide bonds. The number of rotatable bonds is 5. The fraction of sp³-hybridized carbons (Fsp3) is 0.611. The van der Waals surface area contributed by atoms with Gasteiger partial charge in [0.2, 0.25) is 0 Å². The van der Waals surface area contributed by atoms with Gasteiger partial charge in [-0.15, -0.1) is 0 Å². The fourth-order valence-corrected chi connectivity index (χ4v) is 3.16. The zero-order valence-corrected chi connectivity index (χ0v) is 13.6. The third-order valence-electron chi connectivity index (χ3n) is 4.54. The van der Waals surface area contributed by atoms with Crippen molar-refractivity contribution in [1.82, 2.24) is 10.2 Å². The van der Waals surface area contributed by atoms with Gasteiger partial charge in [-0.05, 0) is 24.8 Å². The number of carbonyl (C=O) groups excluding carboxylic acids is 1. The molecule has 1 aromatic carbocycles. The number of piperidine rings is 1. The number of hydrogen-bond acceptors (Lipinski definition) is 4. The highest BCUT2D eigenvalue weighted by atomic mass is 16.5. The maximum atomic E-state index is 12.4. The van der Waals surface area contributed by atoms with E-state index in [1.807, 2.05) is 11.0 Å². The number of hydrogen-bond donors (Lipinski definition) is 1. The van der Waals surface area contributed by atoms with Gasteiger partial charge in [-0.3, -0.25) is 4.79 Å². The summed E-state index contributed by atoms with van der Waals surface area (Å²) in [6.07, 6.45) is 2.75. The summed E-state index contributed by atoms with van der Waals surface area (Å²) >= 11 is 0. The third-order valence-corrected chi connectivity index (χ3v) is 4.54. The molecule has 0 saturated carbocycles. The summed E-state index contributed by atoms with van der Waals surface area (Å²) in [4.78, 5) is 14.3. The average Bonchev–Trinajstić information content (AvgIpc) is 2.63. The lowest BCUT2D eigenvalue weighted by Crippen LogP contribution is -2.51. The first-order valence-corrected chi connectivity index (χ1v) is 8.59. The number of carbonyl (C=O) groups is 1. The van der Waals surface area contributed by atoms with Crippen LogP contribution >= 0.6 is 0 Å². The molecule has 0 radical (unpaired) electrons. The van der Waals surface area contributed by atoms with Crippen molar-refractivity contribution in [3.8, 4) is 0 Å². The molecule has 1 atom stereocenters. The summed E-state index contributed by atoms with van der Waals surface area (Å²) in [5, 5.41) is 3.21. The quantitative estimate of drug-likeness (QED) is 0.887. The molecule has 0 aromatic heterocycles. The second-order valence-corrected chi connectivity index (χ2v) is 6.19. The Morgan fingerprint density at radius 3 is 2.74 bits per heavy atom. The van der Waals surface area contributed by atoms with Crippen LogP contribution in [0.2, 0.25) is 0 Å². The first kappa shape index (κ1) is 16.4. The molecule has 0 spiro atoms. The van der Waals surface area contributed by atoms with Gasteiger partial charge in [0, 0.05) is 26.2 Å². The van der Waals surface area contributed by atoms with Gasteiger partial charge in [-0.25, -0.2) is 0 Å². The highest BCUT2D eigenvalue weighted by Gasteiger charge is 2.30. The normalized spacial score (nSPS) is 23.0. The maximum absolute atomic E-state index is 12.4. The van der Waals surface area contributed by atoms with Crippen LogP contribution in [0.3, 0.4) is 0 Å². The van der Waals surface area contributed by atoms with E-state index >= 15 is 0 Å². The van der Waals surface area contributed by atoms with Crippen molar-refractivity contribution in [2.24, 2.45) is 0 Å². The summed E-state index contributed by atoms with van der Waals surface area (Å²) in [6, 6.07) is 10.4. The lowest BCUT2D eigenvalue weighted by Gasteiger charge is -2.35. The van der Waals surface area contributed by atoms with E-state index in [4.69, 9.17) is 9.47 Å². The summed E-state index contributed by atoms with van der Waals surface area (Å²) < 4.78 is 11.5. The number of nitrogens with zero attached hydrogens (tertiary/aromatic N) is 1. The van der Waals surface area contributed by atoms with E-state index < -0.39 is 0 Å². The SMILES string of the molecule is O=C(C1CNCCO1)N1CCC(OCCc2ccccc2)CC1. The molecule has 0 bridgehead atoms. The Bertz CT molecular complexity index is 480. The van der Waals surface area contributed by atoms with E-state index in [-0.39, 0.29) is 18.1 Å². The van der Waals surface area contributed by atoms with Crippen LogP contribution in [0.4, 0.5) is 0 Å². The third kappa shape index (κ3) is 4.77. The summed E-state index contributed by atoms with van der Waals surface area (Å²) in [5.74, 6) is 0.125. The van der Waals surface area contributed by atoms with Crippen molar-refractivity contribution in [3.63, 3.8) is 0 Å². The Balaban J connectivity index is 1.36. The van der Waals surface area contributed by atoms with Crippen LogP contribution in [0.1, 0.15) is 18.4 Å². The van der Waals surface area contributed by atoms with Gasteiger partial charge >= 0.3 is 0 Å². The van der Waals surface area contributed by atoms with Gasteiger partial charge in [0.05, 0.1) is 19.3 Å². The number of nitrogens with one attached hydrogen (secondary N) is 1. The maximum Gasteiger partial charge on any atom is 0.253 e. The number of morpholine rings is 1. The van der Waals surface area contributed by atoms with Crippen LogP contribution in [-0.2, 0) is 20.7 Å². The Hall–Kier alpha value is -1.43. The highest BCUT2D eigenvalue weighted by Crippen LogP contribution is 2.16. The first-order valence-electron chi connectivity index (χ1n) is 8.59. The molecular formula is C18H26N2O3. The van der Waals surface area contributed by atoms with E-state index in [0.717, 1.165) is 45.5 Å². The molecule has 126 valence electrons. The smallest absolute Gasteiger partial charge is 0.253 e. The fourth-order valence-electron chi connectivity index (χ4n) is 3.16. The zero-order valence-electron chi connectivity index (χ0n) is 13.6. The average molecular weight is 318 g/mol. The molecule has 2 aliphatic rings. The molecule has 2 saturated heterocycles. The Kier molecular flexibility index (Phi) is 6.02. The molecule has 5 heteroatoms. The zero-order chi connectivity index (χ0) is 15.9. The van der Waals surface area contributed by atoms with Crippen LogP contribution in [0, 0.1) is 0 Å². The molecule has 1 unspecified atom stereocenters. The minimum absolute atomic E-state index is 0.125. The van der Waals surface area contributed by atoms with E-state index in [1.165, 1.54) is 5.56 Å². The number of ether oxygens (including phenoxy) is 2. The lowest BCUT2D eigenvalue weighted by molar-refractivity contribution is -0.147. The van der Waals surface area contributed by atoms with Gasteiger partial charge in [-0.2, -0.15) is 0 Å². The molecule has 0 aliphatic carbocycles. The van der Waals surface area contributed by atoms with Crippen molar-refractivity contribution in [1.29, 1.82) is 0 Å². The number of benzene rings is 1. The minimum Gasteiger partial charge on any atom is -0.378 e. The molecule has 3 rings (SSSR count). The van der Waals surface area contributed by atoms with Crippen LogP contribution in [-0.4, -0.2) is 62.4 Å². The molecule has 5 nitrogen and oxygen atoms in total. The number of likely N-dealkylation sites (tertiary alicyclic amines) is 1. The van der Waals surface area contributed by atoms with Gasteiger partial charge in [0.1, 0.15) is 6.10 Å². The van der Waals surface area contributed by atoms with E-state index in [0.29, 0.717) is 13.2 Å². The molecule has 2 fully saturated rings. The monoisotopic (exact) mass is 318 g/mol. The van der Waals surface area contributed by atoms with Gasteiger partial charge in [-0.1, -0.05) is 30.3 Å². The minimum atomic E-state index is -0.306. The predicted octanol–water partition coefficient (Wildman–Crippen LogP) is 1.23. The first-order chi connectivity index (χ1) is 11.3. The molecule has 2 aliphatic heterocycles. The Morgan fingerprint density at radius 1 is 1.26 bits per heavy atom. The molecular weight excluding hydrogens is 292 g/mol. The molecule has 2 heterocycles. The number of amides is 1. The van der Waals surface area contributed by atoms with E-state index in [1.54, 1.807) is 0 Å². The van der Waals surface area contributed by atoms with E-state index in [2.05, 4.69) is 29.6 Å². The van der Waals surface area contributed by atoms with Crippen LogP contribution < -0.4 is 5.32 Å². The van der Waals surface area contributed by atoms with Crippen LogP contribution in [0.5, 0.6) is 0 Å². The summed E-state index contributed by atoms with van der Waals surface area (Å²) in [7, 11) is 0. The predicted molar refractivity (Wildman–Crippen MR) is 88.3 cm³/mol. The largest absolute Gasteiger partial charge is 0.378 e. The van der Waals surface area contributed by atoms with E-state index in [9.17, 15) is 4.79 Å². The molecule has 1 N–H and O–H groups in total. The van der Waals surface area contributed by atoms with Crippen LogP contribution in [0.15, 0.2) is 30.3 Å². The lowest BCUT2D eigenvalue weighted by atomic mass is 10.1. The van der Waals surface area contributed by atoms with Crippen molar-refractivity contribution in [3.05, 3.63) is 35.9 Å². The van der Waals surface area contributed by atoms with Gasteiger partial charge in [0.25, 0.3) is 5.91 Å².